The Kier molecular flexibility index (Phi) is 5.62. The van der Waals surface area contributed by atoms with Crippen LogP contribution in [0.3, 0.4) is 0 Å². The number of aromatic nitrogens is 1. The van der Waals surface area contributed by atoms with Crippen molar-refractivity contribution in [1.29, 1.82) is 0 Å². The fourth-order valence-electron chi connectivity index (χ4n) is 3.53. The molecule has 4 rings (SSSR count). The molecule has 0 spiro atoms. The lowest BCUT2D eigenvalue weighted by Gasteiger charge is -2.11. The topological polar surface area (TPSA) is 105 Å². The maximum atomic E-state index is 13.2. The predicted octanol–water partition coefficient (Wildman–Crippen LogP) is 4.72. The third kappa shape index (κ3) is 3.80. The number of halogens is 1. The Balaban J connectivity index is 1.80. The minimum atomic E-state index is -3.82. The van der Waals surface area contributed by atoms with Gasteiger partial charge in [-0.2, -0.15) is 0 Å². The molecular weight excluding hydrogens is 496 g/mol. The molecule has 0 fully saturated rings. The summed E-state index contributed by atoms with van der Waals surface area (Å²) < 4.78 is 28.5. The molecule has 1 aromatic heterocycles. The van der Waals surface area contributed by atoms with Gasteiger partial charge in [0.1, 0.15) is 5.69 Å². The average molecular weight is 513 g/mol. The molecule has 0 saturated heterocycles. The van der Waals surface area contributed by atoms with E-state index in [1.54, 1.807) is 49.5 Å². The van der Waals surface area contributed by atoms with Gasteiger partial charge in [0.05, 0.1) is 26.6 Å². The molecular formula is C23H17BrN2O5S. The normalized spacial score (nSPS) is 11.4. The van der Waals surface area contributed by atoms with Crippen molar-refractivity contribution < 1.29 is 23.1 Å². The summed E-state index contributed by atoms with van der Waals surface area (Å²) in [6.07, 6.45) is 0. The molecule has 1 heterocycles. The number of sulfone groups is 1. The van der Waals surface area contributed by atoms with E-state index in [2.05, 4.69) is 21.2 Å². The number of aryl methyl sites for hydroxylation is 1. The van der Waals surface area contributed by atoms with Crippen LogP contribution in [0.2, 0.25) is 0 Å². The summed E-state index contributed by atoms with van der Waals surface area (Å²) in [7, 11) is -2.22. The Labute approximate surface area is 192 Å². The second kappa shape index (κ2) is 8.25. The molecule has 0 saturated carbocycles. The molecule has 0 aliphatic heterocycles. The number of carbonyl (C=O) groups excluding carboxylic acids is 1. The summed E-state index contributed by atoms with van der Waals surface area (Å²) in [5, 5.41) is 12.6. The Bertz CT molecular complexity index is 1480. The molecule has 32 heavy (non-hydrogen) atoms. The smallest absolute Gasteiger partial charge is 0.337 e. The molecule has 2 N–H and O–H groups in total. The number of nitrogens with zero attached hydrogens (tertiary/aromatic N) is 1. The van der Waals surface area contributed by atoms with Gasteiger partial charge in [-0.1, -0.05) is 46.3 Å². The van der Waals surface area contributed by atoms with Crippen molar-refractivity contribution in [2.75, 3.05) is 5.32 Å². The number of hydrogen-bond acceptors (Lipinski definition) is 4. The summed E-state index contributed by atoms with van der Waals surface area (Å²) in [6, 6.07) is 19.0. The first-order valence-electron chi connectivity index (χ1n) is 9.43. The zero-order chi connectivity index (χ0) is 23.0. The summed E-state index contributed by atoms with van der Waals surface area (Å²) in [5.41, 5.74) is 0.637. The lowest BCUT2D eigenvalue weighted by molar-refractivity contribution is 0.0698. The molecule has 0 aliphatic rings. The number of carboxylic acid groups (broad SMARTS) is 1. The van der Waals surface area contributed by atoms with E-state index in [0.29, 0.717) is 15.4 Å². The molecule has 0 bridgehead atoms. The van der Waals surface area contributed by atoms with Gasteiger partial charge in [-0.15, -0.1) is 0 Å². The first-order chi connectivity index (χ1) is 15.2. The lowest BCUT2D eigenvalue weighted by atomic mass is 10.1. The van der Waals surface area contributed by atoms with E-state index in [1.807, 2.05) is 0 Å². The minimum absolute atomic E-state index is 0.0705. The van der Waals surface area contributed by atoms with Gasteiger partial charge in [-0.25, -0.2) is 13.2 Å². The molecule has 3 aromatic carbocycles. The number of rotatable bonds is 5. The van der Waals surface area contributed by atoms with Crippen molar-refractivity contribution in [3.8, 4) is 0 Å². The number of carboxylic acids is 1. The van der Waals surface area contributed by atoms with E-state index in [-0.39, 0.29) is 26.7 Å². The molecule has 7 nitrogen and oxygen atoms in total. The van der Waals surface area contributed by atoms with E-state index < -0.39 is 21.7 Å². The first kappa shape index (κ1) is 21.8. The predicted molar refractivity (Wildman–Crippen MR) is 124 cm³/mol. The fraction of sp³-hybridized carbons (Fsp3) is 0.0435. The van der Waals surface area contributed by atoms with Crippen LogP contribution in [-0.2, 0) is 16.9 Å². The van der Waals surface area contributed by atoms with Gasteiger partial charge in [0.15, 0.2) is 0 Å². The van der Waals surface area contributed by atoms with Crippen LogP contribution in [0.5, 0.6) is 0 Å². The summed E-state index contributed by atoms with van der Waals surface area (Å²) in [5.74, 6) is -1.74. The number of nitrogens with one attached hydrogen (secondary N) is 1. The molecule has 0 aliphatic carbocycles. The van der Waals surface area contributed by atoms with E-state index >= 15 is 0 Å². The highest BCUT2D eigenvalue weighted by Crippen LogP contribution is 2.31. The molecule has 1 amide bonds. The van der Waals surface area contributed by atoms with Crippen LogP contribution >= 0.6 is 15.9 Å². The average Bonchev–Trinajstić information content (AvgIpc) is 3.12. The van der Waals surface area contributed by atoms with Crippen molar-refractivity contribution >= 4 is 54.2 Å². The number of hydrogen-bond donors (Lipinski definition) is 2. The van der Waals surface area contributed by atoms with Crippen LogP contribution in [0.4, 0.5) is 5.69 Å². The first-order valence-corrected chi connectivity index (χ1v) is 11.7. The van der Waals surface area contributed by atoms with E-state index in [1.165, 1.54) is 34.9 Å². The maximum Gasteiger partial charge on any atom is 0.337 e. The van der Waals surface area contributed by atoms with Crippen molar-refractivity contribution in [2.24, 2.45) is 7.05 Å². The van der Waals surface area contributed by atoms with Crippen molar-refractivity contribution in [3.05, 3.63) is 88.5 Å². The minimum Gasteiger partial charge on any atom is -0.478 e. The third-order valence-corrected chi connectivity index (χ3v) is 7.35. The molecule has 4 aromatic rings. The fourth-order valence-corrected chi connectivity index (χ4v) is 5.43. The van der Waals surface area contributed by atoms with Crippen LogP contribution in [-0.4, -0.2) is 30.0 Å². The molecule has 162 valence electrons. The highest BCUT2D eigenvalue weighted by molar-refractivity contribution is 9.10. The Morgan fingerprint density at radius 2 is 1.69 bits per heavy atom. The van der Waals surface area contributed by atoms with Gasteiger partial charge in [-0.05, 0) is 42.5 Å². The number of anilines is 1. The lowest BCUT2D eigenvalue weighted by Crippen LogP contribution is -2.18. The molecule has 0 radical (unpaired) electrons. The molecule has 0 atom stereocenters. The van der Waals surface area contributed by atoms with Crippen LogP contribution in [0, 0.1) is 0 Å². The van der Waals surface area contributed by atoms with Crippen molar-refractivity contribution in [2.45, 2.75) is 9.79 Å². The van der Waals surface area contributed by atoms with Crippen molar-refractivity contribution in [1.82, 2.24) is 4.57 Å². The van der Waals surface area contributed by atoms with Crippen molar-refractivity contribution in [3.63, 3.8) is 0 Å². The summed E-state index contributed by atoms with van der Waals surface area (Å²) >= 11 is 3.22. The Morgan fingerprint density at radius 1 is 0.969 bits per heavy atom. The van der Waals surface area contributed by atoms with Gasteiger partial charge in [0, 0.05) is 16.9 Å². The number of aromatic carboxylic acids is 1. The summed E-state index contributed by atoms with van der Waals surface area (Å²) in [4.78, 5) is 24.8. The molecule has 0 unspecified atom stereocenters. The van der Waals surface area contributed by atoms with Gasteiger partial charge in [0.2, 0.25) is 9.84 Å². The zero-order valence-corrected chi connectivity index (χ0v) is 19.1. The van der Waals surface area contributed by atoms with E-state index in [9.17, 15) is 23.1 Å². The largest absolute Gasteiger partial charge is 0.478 e. The zero-order valence-electron chi connectivity index (χ0n) is 16.7. The number of carbonyl (C=O) groups is 2. The number of benzene rings is 3. The standard InChI is InChI=1S/C23H17BrN2O5S/c1-26-19(22(27)25-18-11-10-15(24)13-17(18)23(28)29)12-14-6-5-9-20(21(14)26)32(30,31)16-7-3-2-4-8-16/h2-13H,1H3,(H,25,27)(H,28,29). The number of fused-ring (bicyclic) bond motifs is 1. The Morgan fingerprint density at radius 3 is 2.38 bits per heavy atom. The number of para-hydroxylation sites is 1. The van der Waals surface area contributed by atoms with Crippen LogP contribution in [0.1, 0.15) is 20.8 Å². The molecule has 9 heteroatoms. The maximum absolute atomic E-state index is 13.2. The number of amides is 1. The highest BCUT2D eigenvalue weighted by atomic mass is 79.9. The van der Waals surface area contributed by atoms with Crippen LogP contribution in [0.15, 0.2) is 87.1 Å². The quantitative estimate of drug-likeness (QED) is 0.402. The summed E-state index contributed by atoms with van der Waals surface area (Å²) in [6.45, 7) is 0. The van der Waals surface area contributed by atoms with Crippen LogP contribution < -0.4 is 5.32 Å². The van der Waals surface area contributed by atoms with Gasteiger partial charge in [-0.3, -0.25) is 4.79 Å². The second-order valence-electron chi connectivity index (χ2n) is 7.05. The highest BCUT2D eigenvalue weighted by Gasteiger charge is 2.24. The second-order valence-corrected chi connectivity index (χ2v) is 9.88. The van der Waals surface area contributed by atoms with E-state index in [0.717, 1.165) is 0 Å². The third-order valence-electron chi connectivity index (χ3n) is 5.06. The van der Waals surface area contributed by atoms with Gasteiger partial charge < -0.3 is 15.0 Å². The van der Waals surface area contributed by atoms with E-state index in [4.69, 9.17) is 0 Å². The monoisotopic (exact) mass is 512 g/mol. The SMILES string of the molecule is Cn1c(C(=O)Nc2ccc(Br)cc2C(=O)O)cc2cccc(S(=O)(=O)c3ccccc3)c21. The van der Waals surface area contributed by atoms with Gasteiger partial charge in [0.25, 0.3) is 5.91 Å². The Hall–Kier alpha value is -3.43. The van der Waals surface area contributed by atoms with Crippen LogP contribution in [0.25, 0.3) is 10.9 Å². The van der Waals surface area contributed by atoms with Gasteiger partial charge >= 0.3 is 5.97 Å².